The molecular weight excluding hydrogens is 242 g/mol. The zero-order valence-electron chi connectivity index (χ0n) is 11.1. The van der Waals surface area contributed by atoms with Crippen LogP contribution >= 0.6 is 0 Å². The number of amides is 1. The van der Waals surface area contributed by atoms with Gasteiger partial charge in [-0.25, -0.2) is 4.79 Å². The highest BCUT2D eigenvalue weighted by molar-refractivity contribution is 5.67. The first kappa shape index (κ1) is 13.5. The Labute approximate surface area is 113 Å². The molecule has 0 atom stereocenters. The maximum absolute atomic E-state index is 10.6. The van der Waals surface area contributed by atoms with Gasteiger partial charge in [-0.3, -0.25) is 0 Å². The van der Waals surface area contributed by atoms with Gasteiger partial charge in [0, 0.05) is 12.1 Å². The third-order valence-corrected chi connectivity index (χ3v) is 3.62. The Morgan fingerprint density at radius 3 is 2.47 bits per heavy atom. The van der Waals surface area contributed by atoms with E-state index < -0.39 is 6.09 Å². The largest absolute Gasteiger partial charge is 0.465 e. The van der Waals surface area contributed by atoms with Crippen LogP contribution in [0.3, 0.4) is 0 Å². The summed E-state index contributed by atoms with van der Waals surface area (Å²) in [6, 6.07) is 6.46. The molecule has 1 aromatic rings. The Kier molecular flexibility index (Phi) is 4.14. The predicted molar refractivity (Wildman–Crippen MR) is 76.4 cm³/mol. The number of aryl methyl sites for hydroxylation is 1. The van der Waals surface area contributed by atoms with Crippen molar-refractivity contribution < 1.29 is 9.90 Å². The molecule has 0 radical (unpaired) electrons. The van der Waals surface area contributed by atoms with Crippen LogP contribution in [0.1, 0.15) is 31.2 Å². The van der Waals surface area contributed by atoms with Gasteiger partial charge < -0.3 is 21.5 Å². The van der Waals surface area contributed by atoms with E-state index in [-0.39, 0.29) is 6.04 Å². The van der Waals surface area contributed by atoms with E-state index >= 15 is 0 Å². The zero-order valence-corrected chi connectivity index (χ0v) is 11.1. The predicted octanol–water partition coefficient (Wildman–Crippen LogP) is 2.57. The van der Waals surface area contributed by atoms with Gasteiger partial charge in [-0.15, -0.1) is 0 Å². The van der Waals surface area contributed by atoms with Crippen molar-refractivity contribution in [3.8, 4) is 0 Å². The molecule has 0 aromatic heterocycles. The highest BCUT2D eigenvalue weighted by Crippen LogP contribution is 2.26. The molecule has 1 saturated carbocycles. The molecule has 0 aliphatic heterocycles. The van der Waals surface area contributed by atoms with Gasteiger partial charge in [0.25, 0.3) is 0 Å². The Morgan fingerprint density at radius 2 is 1.89 bits per heavy atom. The molecule has 0 bridgehead atoms. The average molecular weight is 263 g/mol. The number of nitrogen functional groups attached to an aromatic ring is 1. The SMILES string of the molecule is Cc1ccc(NC2CCC(NC(=O)O)CC2)c(N)c1. The van der Waals surface area contributed by atoms with E-state index in [0.717, 1.165) is 42.6 Å². The summed E-state index contributed by atoms with van der Waals surface area (Å²) in [4.78, 5) is 10.6. The smallest absolute Gasteiger partial charge is 0.404 e. The second-order valence-corrected chi connectivity index (χ2v) is 5.23. The topological polar surface area (TPSA) is 87.4 Å². The normalized spacial score (nSPS) is 22.8. The third kappa shape index (κ3) is 3.77. The number of carbonyl (C=O) groups is 1. The average Bonchev–Trinajstić information content (AvgIpc) is 2.34. The molecule has 5 heteroatoms. The van der Waals surface area contributed by atoms with Crippen LogP contribution in [-0.4, -0.2) is 23.3 Å². The number of hydrogen-bond donors (Lipinski definition) is 4. The summed E-state index contributed by atoms with van der Waals surface area (Å²) >= 11 is 0. The zero-order chi connectivity index (χ0) is 13.8. The number of nitrogens with two attached hydrogens (primary N) is 1. The summed E-state index contributed by atoms with van der Waals surface area (Å²) in [6.45, 7) is 2.02. The van der Waals surface area contributed by atoms with Crippen molar-refractivity contribution in [1.82, 2.24) is 5.32 Å². The maximum Gasteiger partial charge on any atom is 0.404 e. The highest BCUT2D eigenvalue weighted by Gasteiger charge is 2.22. The van der Waals surface area contributed by atoms with Crippen LogP contribution in [-0.2, 0) is 0 Å². The molecule has 1 aliphatic rings. The Hall–Kier alpha value is -1.91. The number of benzene rings is 1. The molecule has 1 fully saturated rings. The fourth-order valence-electron chi connectivity index (χ4n) is 2.59. The minimum Gasteiger partial charge on any atom is -0.465 e. The summed E-state index contributed by atoms with van der Waals surface area (Å²) in [7, 11) is 0. The molecule has 5 N–H and O–H groups in total. The highest BCUT2D eigenvalue weighted by atomic mass is 16.4. The fourth-order valence-corrected chi connectivity index (χ4v) is 2.59. The molecular formula is C14H21N3O2. The van der Waals surface area contributed by atoms with Crippen molar-refractivity contribution in [3.63, 3.8) is 0 Å². The van der Waals surface area contributed by atoms with Crippen LogP contribution in [0.5, 0.6) is 0 Å². The monoisotopic (exact) mass is 263 g/mol. The van der Waals surface area contributed by atoms with Gasteiger partial charge in [0.2, 0.25) is 0 Å². The van der Waals surface area contributed by atoms with Crippen molar-refractivity contribution in [3.05, 3.63) is 23.8 Å². The van der Waals surface area contributed by atoms with Gasteiger partial charge in [-0.2, -0.15) is 0 Å². The molecule has 5 nitrogen and oxygen atoms in total. The van der Waals surface area contributed by atoms with E-state index in [1.165, 1.54) is 0 Å². The summed E-state index contributed by atoms with van der Waals surface area (Å²) in [6.07, 6.45) is 2.72. The Morgan fingerprint density at radius 1 is 1.26 bits per heavy atom. The van der Waals surface area contributed by atoms with Gasteiger partial charge in [0.1, 0.15) is 0 Å². The second-order valence-electron chi connectivity index (χ2n) is 5.23. The van der Waals surface area contributed by atoms with E-state index in [0.29, 0.717) is 6.04 Å². The molecule has 0 saturated heterocycles. The van der Waals surface area contributed by atoms with E-state index in [4.69, 9.17) is 10.8 Å². The quantitative estimate of drug-likeness (QED) is 0.631. The van der Waals surface area contributed by atoms with Gasteiger partial charge in [-0.05, 0) is 50.3 Å². The van der Waals surface area contributed by atoms with E-state index in [1.807, 2.05) is 25.1 Å². The Balaban J connectivity index is 1.87. The molecule has 1 aliphatic carbocycles. The third-order valence-electron chi connectivity index (χ3n) is 3.62. The summed E-state index contributed by atoms with van der Waals surface area (Å²) in [5.41, 5.74) is 8.87. The molecule has 0 heterocycles. The summed E-state index contributed by atoms with van der Waals surface area (Å²) in [5, 5.41) is 14.7. The summed E-state index contributed by atoms with van der Waals surface area (Å²) in [5.74, 6) is 0. The minimum atomic E-state index is -0.931. The second kappa shape index (κ2) is 5.82. The van der Waals surface area contributed by atoms with Gasteiger partial charge in [0.05, 0.1) is 11.4 Å². The van der Waals surface area contributed by atoms with Crippen LogP contribution < -0.4 is 16.4 Å². The maximum atomic E-state index is 10.6. The molecule has 2 rings (SSSR count). The van der Waals surface area contributed by atoms with Crippen LogP contribution in [0.25, 0.3) is 0 Å². The number of hydrogen-bond acceptors (Lipinski definition) is 3. The van der Waals surface area contributed by atoms with Crippen molar-refractivity contribution in [2.75, 3.05) is 11.1 Å². The standard InChI is InChI=1S/C14H21N3O2/c1-9-2-7-13(12(15)8-9)16-10-3-5-11(6-4-10)17-14(18)19/h2,7-8,10-11,16-17H,3-6,15H2,1H3,(H,18,19). The van der Waals surface area contributed by atoms with Crippen LogP contribution in [0.15, 0.2) is 18.2 Å². The molecule has 0 unspecified atom stereocenters. The first-order valence-electron chi connectivity index (χ1n) is 6.66. The van der Waals surface area contributed by atoms with Crippen molar-refractivity contribution >= 4 is 17.5 Å². The number of carboxylic acid groups (broad SMARTS) is 1. The van der Waals surface area contributed by atoms with E-state index in [2.05, 4.69) is 10.6 Å². The molecule has 1 aromatic carbocycles. The first-order chi connectivity index (χ1) is 9.04. The van der Waals surface area contributed by atoms with Gasteiger partial charge in [0.15, 0.2) is 0 Å². The van der Waals surface area contributed by atoms with Crippen LogP contribution in [0, 0.1) is 6.92 Å². The van der Waals surface area contributed by atoms with Crippen LogP contribution in [0.2, 0.25) is 0 Å². The lowest BCUT2D eigenvalue weighted by Gasteiger charge is -2.30. The lowest BCUT2D eigenvalue weighted by molar-refractivity contribution is 0.185. The lowest BCUT2D eigenvalue weighted by atomic mass is 9.91. The Bertz CT molecular complexity index is 454. The van der Waals surface area contributed by atoms with Crippen molar-refractivity contribution in [1.29, 1.82) is 0 Å². The van der Waals surface area contributed by atoms with Gasteiger partial charge in [-0.1, -0.05) is 6.07 Å². The minimum absolute atomic E-state index is 0.0888. The number of anilines is 2. The molecule has 1 amide bonds. The fraction of sp³-hybridized carbons (Fsp3) is 0.500. The van der Waals surface area contributed by atoms with E-state index in [1.54, 1.807) is 0 Å². The van der Waals surface area contributed by atoms with Gasteiger partial charge >= 0.3 is 6.09 Å². The van der Waals surface area contributed by atoms with E-state index in [9.17, 15) is 4.79 Å². The van der Waals surface area contributed by atoms with Crippen LogP contribution in [0.4, 0.5) is 16.2 Å². The van der Waals surface area contributed by atoms with Crippen molar-refractivity contribution in [2.24, 2.45) is 0 Å². The summed E-state index contributed by atoms with van der Waals surface area (Å²) < 4.78 is 0. The molecule has 19 heavy (non-hydrogen) atoms. The molecule has 104 valence electrons. The van der Waals surface area contributed by atoms with Crippen molar-refractivity contribution in [2.45, 2.75) is 44.7 Å². The first-order valence-corrected chi connectivity index (χ1v) is 6.66. The molecule has 0 spiro atoms. The number of nitrogens with one attached hydrogen (secondary N) is 2. The number of rotatable bonds is 3. The lowest BCUT2D eigenvalue weighted by Crippen LogP contribution is -2.39.